The molecule has 1 rings (SSSR count). The minimum Gasteiger partial charge on any atom is -0.480 e. The number of hydrogen-bond acceptors (Lipinski definition) is 4. The number of carbonyl (C=O) groups excluding carboxylic acids is 1. The minimum atomic E-state index is -0.930. The summed E-state index contributed by atoms with van der Waals surface area (Å²) in [5.74, 6) is -1.10. The summed E-state index contributed by atoms with van der Waals surface area (Å²) in [4.78, 5) is 22.3. The maximum Gasteiger partial charge on any atom is 0.316 e. The molecule has 0 heterocycles. The van der Waals surface area contributed by atoms with Crippen molar-refractivity contribution in [2.24, 2.45) is 0 Å². The number of carboxylic acid groups (broad SMARTS) is 1. The number of nitrogens with zero attached hydrogens (tertiary/aromatic N) is 1. The smallest absolute Gasteiger partial charge is 0.316 e. The summed E-state index contributed by atoms with van der Waals surface area (Å²) < 4.78 is 0. The lowest BCUT2D eigenvalue weighted by Gasteiger charge is -2.31. The maximum atomic E-state index is 11.7. The van der Waals surface area contributed by atoms with Gasteiger partial charge in [-0.3, -0.25) is 9.59 Å². The van der Waals surface area contributed by atoms with Crippen LogP contribution in [0.2, 0.25) is 0 Å². The number of rotatable bonds is 5. The minimum absolute atomic E-state index is 0.0803. The van der Waals surface area contributed by atoms with Crippen LogP contribution in [-0.2, 0) is 9.59 Å². The first-order chi connectivity index (χ1) is 8.49. The van der Waals surface area contributed by atoms with Gasteiger partial charge < -0.3 is 10.4 Å². The van der Waals surface area contributed by atoms with E-state index < -0.39 is 16.8 Å². The van der Waals surface area contributed by atoms with Crippen molar-refractivity contribution in [2.75, 3.05) is 5.75 Å². The van der Waals surface area contributed by atoms with E-state index in [1.807, 2.05) is 0 Å². The van der Waals surface area contributed by atoms with E-state index in [2.05, 4.69) is 11.4 Å². The van der Waals surface area contributed by atoms with Crippen LogP contribution in [0, 0.1) is 11.3 Å². The molecule has 0 aliphatic heterocycles. The van der Waals surface area contributed by atoms with Crippen molar-refractivity contribution >= 4 is 23.6 Å². The molecule has 2 N–H and O–H groups in total. The van der Waals surface area contributed by atoms with Gasteiger partial charge in [-0.2, -0.15) is 5.26 Å². The first kappa shape index (κ1) is 14.8. The van der Waals surface area contributed by atoms with Crippen LogP contribution < -0.4 is 5.32 Å². The topological polar surface area (TPSA) is 90.2 Å². The third-order valence-corrected chi connectivity index (χ3v) is 4.24. The molecule has 100 valence electrons. The van der Waals surface area contributed by atoms with E-state index in [4.69, 9.17) is 5.11 Å². The van der Waals surface area contributed by atoms with Crippen molar-refractivity contribution in [1.29, 1.82) is 5.26 Å². The van der Waals surface area contributed by atoms with Gasteiger partial charge in [0.15, 0.2) is 0 Å². The number of hydrogen-bond donors (Lipinski definition) is 2. The Labute approximate surface area is 111 Å². The fourth-order valence-corrected chi connectivity index (χ4v) is 2.61. The van der Waals surface area contributed by atoms with Crippen LogP contribution in [0.25, 0.3) is 0 Å². The zero-order valence-electron chi connectivity index (χ0n) is 10.4. The maximum absolute atomic E-state index is 11.7. The average molecular weight is 270 g/mol. The molecule has 0 bridgehead atoms. The summed E-state index contributed by atoms with van der Waals surface area (Å²) in [7, 11) is 0. The monoisotopic (exact) mass is 270 g/mol. The van der Waals surface area contributed by atoms with Crippen molar-refractivity contribution in [3.05, 3.63) is 0 Å². The molecule has 1 aliphatic carbocycles. The van der Waals surface area contributed by atoms with Crippen LogP contribution in [0.1, 0.15) is 39.0 Å². The lowest BCUT2D eigenvalue weighted by atomic mass is 9.83. The molecule has 6 heteroatoms. The van der Waals surface area contributed by atoms with Gasteiger partial charge in [0.2, 0.25) is 5.91 Å². The van der Waals surface area contributed by atoms with E-state index >= 15 is 0 Å². The van der Waals surface area contributed by atoms with Gasteiger partial charge in [0, 0.05) is 0 Å². The number of nitriles is 1. The molecule has 1 aliphatic rings. The molecule has 1 amide bonds. The van der Waals surface area contributed by atoms with Crippen molar-refractivity contribution in [3.63, 3.8) is 0 Å². The Morgan fingerprint density at radius 1 is 1.44 bits per heavy atom. The van der Waals surface area contributed by atoms with E-state index in [-0.39, 0.29) is 11.7 Å². The fourth-order valence-electron chi connectivity index (χ4n) is 2.00. The number of nitrogens with one attached hydrogen (secondary N) is 1. The summed E-state index contributed by atoms with van der Waals surface area (Å²) >= 11 is 1.07. The number of aliphatic carboxylic acids is 1. The number of carboxylic acids is 1. The molecule has 1 fully saturated rings. The van der Waals surface area contributed by atoms with Gasteiger partial charge >= 0.3 is 5.97 Å². The van der Waals surface area contributed by atoms with Crippen molar-refractivity contribution < 1.29 is 14.7 Å². The van der Waals surface area contributed by atoms with Gasteiger partial charge in [-0.05, 0) is 19.8 Å². The van der Waals surface area contributed by atoms with Gasteiger partial charge in [-0.25, -0.2) is 0 Å². The first-order valence-corrected chi connectivity index (χ1v) is 7.11. The molecular formula is C12H18N2O3S. The highest BCUT2D eigenvalue weighted by Crippen LogP contribution is 2.27. The van der Waals surface area contributed by atoms with Gasteiger partial charge in [-0.15, -0.1) is 11.8 Å². The average Bonchev–Trinajstić information content (AvgIpc) is 2.36. The second-order valence-corrected chi connectivity index (χ2v) is 5.92. The summed E-state index contributed by atoms with van der Waals surface area (Å²) in [6.45, 7) is 1.54. The molecular weight excluding hydrogens is 252 g/mol. The zero-order chi connectivity index (χ0) is 13.6. The Morgan fingerprint density at radius 2 is 2.06 bits per heavy atom. The van der Waals surface area contributed by atoms with Crippen LogP contribution in [0.5, 0.6) is 0 Å². The third kappa shape index (κ3) is 4.22. The first-order valence-electron chi connectivity index (χ1n) is 6.06. The summed E-state index contributed by atoms with van der Waals surface area (Å²) in [5.41, 5.74) is -0.734. The van der Waals surface area contributed by atoms with E-state index in [1.54, 1.807) is 6.92 Å². The van der Waals surface area contributed by atoms with Crippen LogP contribution in [0.15, 0.2) is 0 Å². The number of thioether (sulfide) groups is 1. The van der Waals surface area contributed by atoms with E-state index in [0.29, 0.717) is 12.8 Å². The van der Waals surface area contributed by atoms with Gasteiger partial charge in [0.1, 0.15) is 5.54 Å². The number of carbonyl (C=O) groups is 2. The molecule has 1 atom stereocenters. The molecule has 0 aromatic rings. The fraction of sp³-hybridized carbons (Fsp3) is 0.750. The molecule has 5 nitrogen and oxygen atoms in total. The third-order valence-electron chi connectivity index (χ3n) is 3.11. The van der Waals surface area contributed by atoms with Gasteiger partial charge in [-0.1, -0.05) is 19.3 Å². The van der Waals surface area contributed by atoms with Crippen LogP contribution in [0.4, 0.5) is 0 Å². The normalized spacial score (nSPS) is 19.6. The van der Waals surface area contributed by atoms with Gasteiger partial charge in [0.05, 0.1) is 17.1 Å². The van der Waals surface area contributed by atoms with E-state index in [0.717, 1.165) is 31.0 Å². The Morgan fingerprint density at radius 3 is 2.56 bits per heavy atom. The molecule has 0 saturated heterocycles. The second kappa shape index (κ2) is 6.64. The standard InChI is InChI=1S/C12H18N2O3S/c1-9(11(16)17)18-7-10(15)14-12(8-13)5-3-2-4-6-12/h9H,2-7H2,1H3,(H,14,15)(H,16,17). The predicted molar refractivity (Wildman–Crippen MR) is 69.1 cm³/mol. The van der Waals surface area contributed by atoms with Crippen LogP contribution in [0.3, 0.4) is 0 Å². The van der Waals surface area contributed by atoms with Gasteiger partial charge in [0.25, 0.3) is 0 Å². The molecule has 0 aromatic carbocycles. The predicted octanol–water partition coefficient (Wildman–Crippen LogP) is 1.54. The molecule has 0 spiro atoms. The number of amides is 1. The van der Waals surface area contributed by atoms with Crippen molar-refractivity contribution in [1.82, 2.24) is 5.32 Å². The highest BCUT2D eigenvalue weighted by molar-refractivity contribution is 8.01. The molecule has 0 radical (unpaired) electrons. The second-order valence-electron chi connectivity index (χ2n) is 4.59. The highest BCUT2D eigenvalue weighted by atomic mass is 32.2. The summed E-state index contributed by atoms with van der Waals surface area (Å²) in [5, 5.41) is 20.1. The lowest BCUT2D eigenvalue weighted by Crippen LogP contribution is -2.49. The quantitative estimate of drug-likeness (QED) is 0.790. The molecule has 1 saturated carbocycles. The Bertz CT molecular complexity index is 359. The largest absolute Gasteiger partial charge is 0.480 e. The van der Waals surface area contributed by atoms with E-state index in [1.165, 1.54) is 0 Å². The van der Waals surface area contributed by atoms with Crippen molar-refractivity contribution in [3.8, 4) is 6.07 Å². The van der Waals surface area contributed by atoms with E-state index in [9.17, 15) is 14.9 Å². The molecule has 1 unspecified atom stereocenters. The van der Waals surface area contributed by atoms with Crippen molar-refractivity contribution in [2.45, 2.75) is 49.8 Å². The van der Waals surface area contributed by atoms with Crippen LogP contribution >= 0.6 is 11.8 Å². The highest BCUT2D eigenvalue weighted by Gasteiger charge is 2.33. The SMILES string of the molecule is CC(SCC(=O)NC1(C#N)CCCCC1)C(=O)O. The Balaban J connectivity index is 2.43. The summed E-state index contributed by atoms with van der Waals surface area (Å²) in [6.07, 6.45) is 4.38. The Hall–Kier alpha value is -1.22. The lowest BCUT2D eigenvalue weighted by molar-refractivity contribution is -0.136. The Kier molecular flexibility index (Phi) is 5.48. The molecule has 0 aromatic heterocycles. The summed E-state index contributed by atoms with van der Waals surface area (Å²) in [6, 6.07) is 2.20. The molecule has 18 heavy (non-hydrogen) atoms. The van der Waals surface area contributed by atoms with Crippen LogP contribution in [-0.4, -0.2) is 33.5 Å². The zero-order valence-corrected chi connectivity index (χ0v) is 11.3.